The van der Waals surface area contributed by atoms with Crippen LogP contribution in [0.15, 0.2) is 54.7 Å². The highest BCUT2D eigenvalue weighted by atomic mass is 19.4. The van der Waals surface area contributed by atoms with Crippen molar-refractivity contribution in [3.05, 3.63) is 60.3 Å². The highest BCUT2D eigenvalue weighted by molar-refractivity contribution is 6.27. The van der Waals surface area contributed by atoms with Crippen LogP contribution in [0.4, 0.5) is 40.8 Å². The lowest BCUT2D eigenvalue weighted by molar-refractivity contribution is -0.274. The number of hydrogen-bond acceptors (Lipinski definition) is 7. The molecule has 182 valence electrons. The van der Waals surface area contributed by atoms with Crippen LogP contribution in [0.3, 0.4) is 0 Å². The molecule has 1 aliphatic heterocycles. The Balaban J connectivity index is 1.60. The maximum atomic E-state index is 13.1. The number of benzene rings is 2. The molecule has 0 saturated carbocycles. The van der Waals surface area contributed by atoms with E-state index in [0.717, 1.165) is 21.9 Å². The maximum Gasteiger partial charge on any atom is 0.573 e. The molecule has 1 aliphatic rings. The van der Waals surface area contributed by atoms with Crippen molar-refractivity contribution in [1.82, 2.24) is 4.98 Å². The van der Waals surface area contributed by atoms with Crippen LogP contribution < -0.4 is 30.7 Å². The molecule has 1 aromatic heterocycles. The van der Waals surface area contributed by atoms with Gasteiger partial charge in [0.05, 0.1) is 5.69 Å². The number of halogens is 3. The number of pyridine rings is 1. The normalized spacial score (nSPS) is 13.9. The lowest BCUT2D eigenvalue weighted by Gasteiger charge is -2.19. The predicted molar refractivity (Wildman–Crippen MR) is 122 cm³/mol. The number of amides is 3. The maximum absolute atomic E-state index is 13.1. The Morgan fingerprint density at radius 1 is 1.03 bits per heavy atom. The third-order valence-electron chi connectivity index (χ3n) is 5.21. The Morgan fingerprint density at radius 2 is 1.80 bits per heavy atom. The van der Waals surface area contributed by atoms with Gasteiger partial charge in [-0.2, -0.15) is 0 Å². The molecule has 0 aliphatic carbocycles. The van der Waals surface area contributed by atoms with E-state index < -0.39 is 24.1 Å². The van der Waals surface area contributed by atoms with E-state index in [4.69, 9.17) is 16.2 Å². The number of alkyl halides is 3. The van der Waals surface area contributed by atoms with E-state index in [1.165, 1.54) is 24.4 Å². The molecule has 0 bridgehead atoms. The fraction of sp³-hybridized carbons (Fsp3) is 0.174. The summed E-state index contributed by atoms with van der Waals surface area (Å²) < 4.78 is 47.5. The molecule has 2 heterocycles. The SMILES string of the molecule is CCc1cc(N2C(=O)CN(c3cccc(OC(F)(F)F)c3)C2=O)ccc1Oc1ccnc(N)c1N. The molecule has 9 nitrogen and oxygen atoms in total. The van der Waals surface area contributed by atoms with Crippen LogP contribution in [0.2, 0.25) is 0 Å². The molecule has 35 heavy (non-hydrogen) atoms. The fourth-order valence-electron chi connectivity index (χ4n) is 3.56. The third kappa shape index (κ3) is 4.90. The summed E-state index contributed by atoms with van der Waals surface area (Å²) in [4.78, 5) is 31.7. The van der Waals surface area contributed by atoms with Crippen molar-refractivity contribution in [1.29, 1.82) is 0 Å². The van der Waals surface area contributed by atoms with Gasteiger partial charge in [0.2, 0.25) is 0 Å². The minimum atomic E-state index is -4.89. The summed E-state index contributed by atoms with van der Waals surface area (Å²) in [5.74, 6) is -0.171. The van der Waals surface area contributed by atoms with Crippen LogP contribution in [-0.4, -0.2) is 29.8 Å². The lowest BCUT2D eigenvalue weighted by atomic mass is 10.1. The highest BCUT2D eigenvalue weighted by Crippen LogP contribution is 2.36. The second kappa shape index (κ2) is 9.05. The van der Waals surface area contributed by atoms with Crippen molar-refractivity contribution < 1.29 is 32.2 Å². The van der Waals surface area contributed by atoms with E-state index in [1.54, 1.807) is 18.2 Å². The molecule has 0 unspecified atom stereocenters. The number of ether oxygens (including phenoxy) is 2. The van der Waals surface area contributed by atoms with E-state index in [0.29, 0.717) is 23.5 Å². The van der Waals surface area contributed by atoms with E-state index in [-0.39, 0.29) is 29.4 Å². The van der Waals surface area contributed by atoms with Gasteiger partial charge in [-0.3, -0.25) is 9.69 Å². The van der Waals surface area contributed by atoms with Gasteiger partial charge in [0.15, 0.2) is 5.75 Å². The average molecular weight is 487 g/mol. The molecule has 0 atom stereocenters. The van der Waals surface area contributed by atoms with Gasteiger partial charge in [-0.15, -0.1) is 13.2 Å². The quantitative estimate of drug-likeness (QED) is 0.492. The number of nitrogen functional groups attached to an aromatic ring is 2. The number of carbonyl (C=O) groups is 2. The largest absolute Gasteiger partial charge is 0.573 e. The first-order valence-electron chi connectivity index (χ1n) is 10.4. The van der Waals surface area contributed by atoms with Gasteiger partial charge >= 0.3 is 12.4 Å². The van der Waals surface area contributed by atoms with Gasteiger partial charge in [-0.05, 0) is 42.3 Å². The molecule has 1 fully saturated rings. The summed E-state index contributed by atoms with van der Waals surface area (Å²) >= 11 is 0. The van der Waals surface area contributed by atoms with E-state index in [9.17, 15) is 22.8 Å². The molecular weight excluding hydrogens is 467 g/mol. The van der Waals surface area contributed by atoms with Crippen LogP contribution in [0, 0.1) is 0 Å². The number of urea groups is 1. The number of rotatable bonds is 6. The molecule has 3 aromatic rings. The minimum absolute atomic E-state index is 0.0917. The lowest BCUT2D eigenvalue weighted by Crippen LogP contribution is -2.33. The van der Waals surface area contributed by atoms with Gasteiger partial charge in [-0.25, -0.2) is 14.7 Å². The highest BCUT2D eigenvalue weighted by Gasteiger charge is 2.39. The van der Waals surface area contributed by atoms with Crippen LogP contribution in [0.25, 0.3) is 0 Å². The number of anilines is 4. The number of imide groups is 1. The number of aromatic nitrogens is 1. The summed E-state index contributed by atoms with van der Waals surface area (Å²) in [5, 5.41) is 0. The zero-order chi connectivity index (χ0) is 25.3. The second-order valence-corrected chi connectivity index (χ2v) is 7.50. The van der Waals surface area contributed by atoms with E-state index in [2.05, 4.69) is 9.72 Å². The molecule has 12 heteroatoms. The molecule has 2 aromatic carbocycles. The summed E-state index contributed by atoms with van der Waals surface area (Å²) in [6, 6.07) is 10.4. The van der Waals surface area contributed by atoms with Crippen molar-refractivity contribution in [2.75, 3.05) is 27.8 Å². The standard InChI is InChI=1S/C23H20F3N5O4/c1-2-13-10-15(6-7-17(13)34-18-8-9-29-21(28)20(18)27)31-19(32)12-30(22(31)33)14-4-3-5-16(11-14)35-23(24,25)26/h3-11H,2,12,27H2,1H3,(H2,28,29). The smallest absolute Gasteiger partial charge is 0.455 e. The number of carbonyl (C=O) groups excluding carboxylic acids is 2. The van der Waals surface area contributed by atoms with Crippen LogP contribution in [-0.2, 0) is 11.2 Å². The second-order valence-electron chi connectivity index (χ2n) is 7.50. The monoisotopic (exact) mass is 487 g/mol. The van der Waals surface area contributed by atoms with Crippen molar-refractivity contribution in [2.45, 2.75) is 19.7 Å². The van der Waals surface area contributed by atoms with Crippen LogP contribution in [0.5, 0.6) is 17.2 Å². The first-order valence-corrected chi connectivity index (χ1v) is 10.4. The Hall–Kier alpha value is -4.48. The minimum Gasteiger partial charge on any atom is -0.455 e. The molecule has 0 spiro atoms. The molecule has 4 rings (SSSR count). The van der Waals surface area contributed by atoms with Gasteiger partial charge in [0, 0.05) is 24.0 Å². The van der Waals surface area contributed by atoms with Gasteiger partial charge in [-0.1, -0.05) is 13.0 Å². The van der Waals surface area contributed by atoms with Gasteiger partial charge in [0.1, 0.15) is 29.5 Å². The van der Waals surface area contributed by atoms with Crippen molar-refractivity contribution in [2.24, 2.45) is 0 Å². The fourth-order valence-corrected chi connectivity index (χ4v) is 3.56. The van der Waals surface area contributed by atoms with Crippen molar-refractivity contribution in [3.8, 4) is 17.2 Å². The molecule has 3 amide bonds. The summed E-state index contributed by atoms with van der Waals surface area (Å²) in [5.41, 5.74) is 12.9. The van der Waals surface area contributed by atoms with E-state index in [1.807, 2.05) is 6.92 Å². The topological polar surface area (TPSA) is 124 Å². The first-order chi connectivity index (χ1) is 16.6. The summed E-state index contributed by atoms with van der Waals surface area (Å²) in [7, 11) is 0. The number of hydrogen-bond donors (Lipinski definition) is 2. The van der Waals surface area contributed by atoms with E-state index >= 15 is 0 Å². The zero-order valence-electron chi connectivity index (χ0n) is 18.4. The molecule has 0 radical (unpaired) electrons. The van der Waals surface area contributed by atoms with Gasteiger partial charge < -0.3 is 20.9 Å². The van der Waals surface area contributed by atoms with Crippen LogP contribution in [0.1, 0.15) is 12.5 Å². The zero-order valence-corrected chi connectivity index (χ0v) is 18.4. The predicted octanol–water partition coefficient (Wildman–Crippen LogP) is 4.47. The number of nitrogens with two attached hydrogens (primary N) is 2. The molecule has 1 saturated heterocycles. The number of nitrogens with zero attached hydrogens (tertiary/aromatic N) is 3. The molecule has 4 N–H and O–H groups in total. The van der Waals surface area contributed by atoms with Gasteiger partial charge in [0.25, 0.3) is 5.91 Å². The molecular formula is C23H20F3N5O4. The van der Waals surface area contributed by atoms with Crippen molar-refractivity contribution >= 4 is 34.8 Å². The third-order valence-corrected chi connectivity index (χ3v) is 5.21. The Morgan fingerprint density at radius 3 is 2.51 bits per heavy atom. The van der Waals surface area contributed by atoms with Crippen LogP contribution >= 0.6 is 0 Å². The number of aryl methyl sites for hydroxylation is 1. The first kappa shape index (κ1) is 23.7. The van der Waals surface area contributed by atoms with Crippen molar-refractivity contribution in [3.63, 3.8) is 0 Å². The summed E-state index contributed by atoms with van der Waals surface area (Å²) in [6.45, 7) is 1.52. The Kier molecular flexibility index (Phi) is 6.12. The Labute approximate surface area is 197 Å². The average Bonchev–Trinajstić information content (AvgIpc) is 3.10. The Bertz CT molecular complexity index is 1300. The summed E-state index contributed by atoms with van der Waals surface area (Å²) in [6.07, 6.45) is -2.94.